The number of thiophene rings is 1. The van der Waals surface area contributed by atoms with Crippen LogP contribution in [0.15, 0.2) is 47.3 Å². The molecule has 3 rings (SSSR count). The van der Waals surface area contributed by atoms with Crippen molar-refractivity contribution >= 4 is 33.1 Å². The summed E-state index contributed by atoms with van der Waals surface area (Å²) in [6.45, 7) is 0. The van der Waals surface area contributed by atoms with E-state index < -0.39 is 16.5 Å². The van der Waals surface area contributed by atoms with Crippen molar-refractivity contribution in [3.8, 4) is 0 Å². The molecule has 7 heteroatoms. The molecule has 0 aliphatic heterocycles. The molecule has 3 aromatic rings. The number of nitrogens with one attached hydrogen (secondary N) is 1. The van der Waals surface area contributed by atoms with Crippen LogP contribution >= 0.6 is 11.3 Å². The van der Waals surface area contributed by atoms with E-state index in [0.717, 1.165) is 11.8 Å². The molecule has 0 saturated heterocycles. The lowest BCUT2D eigenvalue weighted by Gasteiger charge is -2.12. The summed E-state index contributed by atoms with van der Waals surface area (Å²) >= 11 is 0.568. The number of nitrogens with zero attached hydrogens (tertiary/aromatic N) is 1. The Morgan fingerprint density at radius 1 is 1.14 bits per heavy atom. The van der Waals surface area contributed by atoms with E-state index in [-0.39, 0.29) is 5.39 Å². The first-order valence-electron chi connectivity index (χ1n) is 6.39. The number of fused-ring (bicyclic) bond motifs is 1. The van der Waals surface area contributed by atoms with Crippen LogP contribution in [0.1, 0.15) is 4.88 Å². The molecular weight excluding hydrogens is 313 g/mol. The summed E-state index contributed by atoms with van der Waals surface area (Å²) in [4.78, 5) is 11.6. The summed E-state index contributed by atoms with van der Waals surface area (Å²) in [7, 11) is 1.63. The molecule has 0 bridgehead atoms. The van der Waals surface area contributed by atoms with E-state index >= 15 is 0 Å². The van der Waals surface area contributed by atoms with E-state index in [1.807, 2.05) is 30.3 Å². The second kappa shape index (κ2) is 5.17. The van der Waals surface area contributed by atoms with Crippen molar-refractivity contribution in [2.75, 3.05) is 5.32 Å². The minimum absolute atomic E-state index is 0.0819. The quantitative estimate of drug-likeness (QED) is 0.760. The highest BCUT2D eigenvalue weighted by atomic mass is 32.1. The van der Waals surface area contributed by atoms with Gasteiger partial charge in [0.05, 0.1) is 5.39 Å². The van der Waals surface area contributed by atoms with Crippen LogP contribution in [0.3, 0.4) is 0 Å². The van der Waals surface area contributed by atoms with Crippen LogP contribution in [0.2, 0.25) is 0 Å². The van der Waals surface area contributed by atoms with Gasteiger partial charge in [-0.25, -0.2) is 0 Å². The normalized spacial score (nSPS) is 11.8. The van der Waals surface area contributed by atoms with Gasteiger partial charge in [0.1, 0.15) is 15.5 Å². The number of rotatable bonds is 2. The van der Waals surface area contributed by atoms with Crippen LogP contribution in [0, 0.1) is 0 Å². The van der Waals surface area contributed by atoms with Crippen LogP contribution in [-0.2, 0) is 13.2 Å². The Labute approximate surface area is 127 Å². The number of hydrogen-bond acceptors (Lipinski definition) is 3. The zero-order valence-corrected chi connectivity index (χ0v) is 12.3. The van der Waals surface area contributed by atoms with Gasteiger partial charge in [0.2, 0.25) is 0 Å². The van der Waals surface area contributed by atoms with E-state index in [9.17, 15) is 18.0 Å². The van der Waals surface area contributed by atoms with Gasteiger partial charge < -0.3 is 9.88 Å². The molecule has 114 valence electrons. The Bertz CT molecular complexity index is 881. The highest BCUT2D eigenvalue weighted by Gasteiger charge is 2.33. The van der Waals surface area contributed by atoms with Gasteiger partial charge >= 0.3 is 6.18 Å². The lowest BCUT2D eigenvalue weighted by atomic mass is 10.2. The predicted molar refractivity (Wildman–Crippen MR) is 81.8 cm³/mol. The second-order valence-electron chi connectivity index (χ2n) is 4.77. The molecule has 1 aromatic carbocycles. The van der Waals surface area contributed by atoms with Gasteiger partial charge in [0.15, 0.2) is 5.43 Å². The summed E-state index contributed by atoms with van der Waals surface area (Å²) in [5, 5.41) is 3.12. The third kappa shape index (κ3) is 2.59. The largest absolute Gasteiger partial charge is 0.425 e. The Hall–Kier alpha value is -2.28. The molecule has 2 aromatic heterocycles. The summed E-state index contributed by atoms with van der Waals surface area (Å²) in [6, 6.07) is 11.3. The van der Waals surface area contributed by atoms with E-state index in [4.69, 9.17) is 0 Å². The summed E-state index contributed by atoms with van der Waals surface area (Å²) in [6.07, 6.45) is -4.45. The molecule has 0 fully saturated rings. The van der Waals surface area contributed by atoms with Crippen molar-refractivity contribution in [1.82, 2.24) is 4.57 Å². The Kier molecular flexibility index (Phi) is 3.44. The van der Waals surface area contributed by atoms with E-state index in [0.29, 0.717) is 22.0 Å². The van der Waals surface area contributed by atoms with Gasteiger partial charge in [-0.3, -0.25) is 4.79 Å². The Balaban J connectivity index is 2.14. The lowest BCUT2D eigenvalue weighted by Crippen LogP contribution is -2.09. The average Bonchev–Trinajstić information content (AvgIpc) is 2.91. The fraction of sp³-hybridized carbons (Fsp3) is 0.133. The fourth-order valence-corrected chi connectivity index (χ4v) is 3.15. The van der Waals surface area contributed by atoms with Gasteiger partial charge in [-0.05, 0) is 18.2 Å². The van der Waals surface area contributed by atoms with E-state index in [1.165, 1.54) is 6.07 Å². The number of aryl methyl sites for hydroxylation is 1. The monoisotopic (exact) mass is 324 g/mol. The number of hydrogen-bond donors (Lipinski definition) is 1. The van der Waals surface area contributed by atoms with Crippen LogP contribution < -0.4 is 10.7 Å². The zero-order chi connectivity index (χ0) is 15.9. The maximum atomic E-state index is 12.8. The number of halogens is 3. The molecule has 0 unspecified atom stereocenters. The molecule has 3 nitrogen and oxygen atoms in total. The van der Waals surface area contributed by atoms with Gasteiger partial charge in [-0.15, -0.1) is 11.3 Å². The number of anilines is 2. The minimum Gasteiger partial charge on any atom is -0.342 e. The minimum atomic E-state index is -4.45. The molecule has 22 heavy (non-hydrogen) atoms. The third-order valence-electron chi connectivity index (χ3n) is 3.24. The van der Waals surface area contributed by atoms with Crippen LogP contribution in [0.25, 0.3) is 10.2 Å². The molecule has 0 saturated carbocycles. The fourth-order valence-electron chi connectivity index (χ4n) is 2.14. The first-order chi connectivity index (χ1) is 10.4. The maximum Gasteiger partial charge on any atom is 0.425 e. The van der Waals surface area contributed by atoms with Crippen molar-refractivity contribution in [3.05, 3.63) is 57.6 Å². The highest BCUT2D eigenvalue weighted by Crippen LogP contribution is 2.37. The summed E-state index contributed by atoms with van der Waals surface area (Å²) in [5.41, 5.74) is 0.322. The topological polar surface area (TPSA) is 34.0 Å². The number of pyridine rings is 1. The highest BCUT2D eigenvalue weighted by molar-refractivity contribution is 7.18. The maximum absolute atomic E-state index is 12.8. The average molecular weight is 324 g/mol. The molecule has 0 aliphatic carbocycles. The van der Waals surface area contributed by atoms with Gasteiger partial charge in [0, 0.05) is 18.8 Å². The standard InChI is InChI=1S/C15H11F3N2OS/c1-20-13(19-9-5-3-2-4-6-9)8-11(21)10-7-12(15(16,17)18)22-14(10)20/h2-8,19H,1H3. The van der Waals surface area contributed by atoms with E-state index in [1.54, 1.807) is 11.6 Å². The number of alkyl halides is 3. The molecule has 0 aliphatic rings. The van der Waals surface area contributed by atoms with E-state index in [2.05, 4.69) is 5.32 Å². The smallest absolute Gasteiger partial charge is 0.342 e. The SMILES string of the molecule is Cn1c(Nc2ccccc2)cc(=O)c2cc(C(F)(F)F)sc21. The molecule has 0 spiro atoms. The van der Waals surface area contributed by atoms with Gasteiger partial charge in [0.25, 0.3) is 0 Å². The van der Waals surface area contributed by atoms with Gasteiger partial charge in [-0.1, -0.05) is 18.2 Å². The second-order valence-corrected chi connectivity index (χ2v) is 5.80. The van der Waals surface area contributed by atoms with Crippen molar-refractivity contribution in [3.63, 3.8) is 0 Å². The lowest BCUT2D eigenvalue weighted by molar-refractivity contribution is -0.134. The van der Waals surface area contributed by atoms with Crippen molar-refractivity contribution < 1.29 is 13.2 Å². The third-order valence-corrected chi connectivity index (χ3v) is 4.49. The first kappa shape index (κ1) is 14.6. The zero-order valence-electron chi connectivity index (χ0n) is 11.4. The molecule has 0 radical (unpaired) electrons. The number of aromatic nitrogens is 1. The number of benzene rings is 1. The predicted octanol–water partition coefficient (Wildman–Crippen LogP) is 4.36. The molecule has 2 heterocycles. The van der Waals surface area contributed by atoms with Gasteiger partial charge in [-0.2, -0.15) is 13.2 Å². The number of para-hydroxylation sites is 1. The molecule has 1 N–H and O–H groups in total. The first-order valence-corrected chi connectivity index (χ1v) is 7.21. The Morgan fingerprint density at radius 2 is 1.82 bits per heavy atom. The molecule has 0 amide bonds. The van der Waals surface area contributed by atoms with Crippen LogP contribution in [-0.4, -0.2) is 4.57 Å². The van der Waals surface area contributed by atoms with Crippen LogP contribution in [0.5, 0.6) is 0 Å². The van der Waals surface area contributed by atoms with Crippen molar-refractivity contribution in [1.29, 1.82) is 0 Å². The summed E-state index contributed by atoms with van der Waals surface area (Å²) < 4.78 is 40.0. The van der Waals surface area contributed by atoms with Crippen molar-refractivity contribution in [2.45, 2.75) is 6.18 Å². The van der Waals surface area contributed by atoms with Crippen molar-refractivity contribution in [2.24, 2.45) is 7.05 Å². The summed E-state index contributed by atoms with van der Waals surface area (Å²) in [5.74, 6) is 0.444. The molecule has 0 atom stereocenters. The van der Waals surface area contributed by atoms with Crippen LogP contribution in [0.4, 0.5) is 24.7 Å². The Morgan fingerprint density at radius 3 is 2.45 bits per heavy atom. The molecular formula is C15H11F3N2OS.